The lowest BCUT2D eigenvalue weighted by atomic mass is 10.1. The highest BCUT2D eigenvalue weighted by molar-refractivity contribution is 7.92. The van der Waals surface area contributed by atoms with Crippen LogP contribution in [0.3, 0.4) is 0 Å². The molecular weight excluding hydrogens is 459 g/mol. The summed E-state index contributed by atoms with van der Waals surface area (Å²) >= 11 is 0. The first-order chi connectivity index (χ1) is 16.1. The van der Waals surface area contributed by atoms with Crippen LogP contribution < -0.4 is 9.62 Å². The number of halogens is 1. The Labute approximate surface area is 198 Å². The minimum atomic E-state index is -3.92. The monoisotopic (exact) mass is 484 g/mol. The molecule has 3 rings (SSSR count). The van der Waals surface area contributed by atoms with Gasteiger partial charge in [0.15, 0.2) is 6.61 Å². The van der Waals surface area contributed by atoms with Crippen molar-refractivity contribution in [2.75, 3.05) is 18.0 Å². The van der Waals surface area contributed by atoms with Crippen LogP contribution in [0.2, 0.25) is 0 Å². The second-order valence-electron chi connectivity index (χ2n) is 7.77. The van der Waals surface area contributed by atoms with Crippen molar-refractivity contribution in [1.82, 2.24) is 5.32 Å². The fourth-order valence-corrected chi connectivity index (χ4v) is 4.29. The number of carbonyl (C=O) groups is 2. The van der Waals surface area contributed by atoms with Crippen LogP contribution in [0.15, 0.2) is 71.6 Å². The number of hydrogen-bond acceptors (Lipinski definition) is 5. The number of rotatable bonds is 8. The molecule has 1 amide bonds. The summed E-state index contributed by atoms with van der Waals surface area (Å²) in [5.41, 5.74) is 2.53. The molecule has 3 aromatic carbocycles. The highest BCUT2D eigenvalue weighted by Gasteiger charge is 2.23. The van der Waals surface area contributed by atoms with Crippen LogP contribution in [-0.2, 0) is 26.1 Å². The Kier molecular flexibility index (Phi) is 7.68. The molecule has 0 heterocycles. The number of amides is 1. The first-order valence-electron chi connectivity index (χ1n) is 10.4. The van der Waals surface area contributed by atoms with E-state index >= 15 is 0 Å². The van der Waals surface area contributed by atoms with Gasteiger partial charge in [0.1, 0.15) is 5.82 Å². The fourth-order valence-electron chi connectivity index (χ4n) is 3.05. The Balaban J connectivity index is 1.62. The Bertz CT molecular complexity index is 1310. The number of nitrogens with one attached hydrogen (secondary N) is 1. The molecular formula is C25H25FN2O5S. The standard InChI is InChI=1S/C25H25FN2O5S/c1-17-7-11-21(12-8-17)28(3)34(31,32)22-6-4-5-20(14-22)25(30)33-16-24(29)27-15-19-10-9-18(2)23(26)13-19/h4-14H,15-16H2,1-3H3,(H,27,29). The largest absolute Gasteiger partial charge is 0.452 e. The molecule has 3 aromatic rings. The number of esters is 1. The third-order valence-electron chi connectivity index (χ3n) is 5.19. The quantitative estimate of drug-likeness (QED) is 0.492. The minimum Gasteiger partial charge on any atom is -0.452 e. The zero-order valence-electron chi connectivity index (χ0n) is 19.0. The fraction of sp³-hybridized carbons (Fsp3) is 0.200. The van der Waals surface area contributed by atoms with Crippen LogP contribution in [0.1, 0.15) is 27.0 Å². The number of hydrogen-bond donors (Lipinski definition) is 1. The molecule has 0 radical (unpaired) electrons. The first kappa shape index (κ1) is 24.9. The van der Waals surface area contributed by atoms with Crippen LogP contribution >= 0.6 is 0 Å². The number of carbonyl (C=O) groups excluding carboxylic acids is 2. The molecule has 0 atom stereocenters. The Morgan fingerprint density at radius 3 is 2.38 bits per heavy atom. The Morgan fingerprint density at radius 2 is 1.71 bits per heavy atom. The molecule has 0 saturated heterocycles. The number of ether oxygens (including phenoxy) is 1. The molecule has 9 heteroatoms. The third kappa shape index (κ3) is 5.99. The number of sulfonamides is 1. The molecule has 0 aliphatic heterocycles. The highest BCUT2D eigenvalue weighted by atomic mass is 32.2. The average molecular weight is 485 g/mol. The van der Waals surface area contributed by atoms with Crippen molar-refractivity contribution in [3.05, 3.63) is 94.8 Å². The maximum Gasteiger partial charge on any atom is 0.338 e. The SMILES string of the molecule is Cc1ccc(N(C)S(=O)(=O)c2cccc(C(=O)OCC(=O)NCc3ccc(C)c(F)c3)c2)cc1. The molecule has 7 nitrogen and oxygen atoms in total. The second-order valence-corrected chi connectivity index (χ2v) is 9.74. The predicted octanol–water partition coefficient (Wildman–Crippen LogP) is 3.74. The van der Waals surface area contributed by atoms with Crippen LogP contribution in [0.4, 0.5) is 10.1 Å². The van der Waals surface area contributed by atoms with Gasteiger partial charge < -0.3 is 10.1 Å². The van der Waals surface area contributed by atoms with E-state index in [2.05, 4.69) is 5.32 Å². The molecule has 0 saturated carbocycles. The number of aryl methyl sites for hydroxylation is 2. The van der Waals surface area contributed by atoms with Gasteiger partial charge in [0.25, 0.3) is 15.9 Å². The second kappa shape index (κ2) is 10.5. The summed E-state index contributed by atoms with van der Waals surface area (Å²) in [7, 11) is -2.50. The molecule has 0 spiro atoms. The van der Waals surface area contributed by atoms with Gasteiger partial charge in [-0.2, -0.15) is 0 Å². The molecule has 34 heavy (non-hydrogen) atoms. The van der Waals surface area contributed by atoms with Gasteiger partial charge in [0.2, 0.25) is 0 Å². The van der Waals surface area contributed by atoms with Crippen molar-refractivity contribution < 1.29 is 27.1 Å². The van der Waals surface area contributed by atoms with Gasteiger partial charge in [0.05, 0.1) is 16.1 Å². The molecule has 0 aromatic heterocycles. The molecule has 0 bridgehead atoms. The zero-order valence-corrected chi connectivity index (χ0v) is 19.9. The first-order valence-corrected chi connectivity index (χ1v) is 11.9. The van der Waals surface area contributed by atoms with E-state index in [-0.39, 0.29) is 22.8 Å². The molecule has 0 aliphatic carbocycles. The summed E-state index contributed by atoms with van der Waals surface area (Å²) in [5, 5.41) is 2.54. The Morgan fingerprint density at radius 1 is 1.00 bits per heavy atom. The van der Waals surface area contributed by atoms with E-state index in [0.717, 1.165) is 9.87 Å². The lowest BCUT2D eigenvalue weighted by Gasteiger charge is -2.20. The van der Waals surface area contributed by atoms with Crippen molar-refractivity contribution in [3.63, 3.8) is 0 Å². The molecule has 0 fully saturated rings. The normalized spacial score (nSPS) is 11.1. The van der Waals surface area contributed by atoms with Gasteiger partial charge in [0, 0.05) is 13.6 Å². The maximum absolute atomic E-state index is 13.6. The lowest BCUT2D eigenvalue weighted by Crippen LogP contribution is -2.28. The van der Waals surface area contributed by atoms with Gasteiger partial charge in [-0.25, -0.2) is 17.6 Å². The van der Waals surface area contributed by atoms with Crippen LogP contribution in [-0.4, -0.2) is 33.9 Å². The van der Waals surface area contributed by atoms with Gasteiger partial charge in [-0.15, -0.1) is 0 Å². The van der Waals surface area contributed by atoms with E-state index in [9.17, 15) is 22.4 Å². The molecule has 178 valence electrons. The summed E-state index contributed by atoms with van der Waals surface area (Å²) in [6.45, 7) is 3.05. The maximum atomic E-state index is 13.6. The smallest absolute Gasteiger partial charge is 0.338 e. The summed E-state index contributed by atoms with van der Waals surface area (Å²) in [6.07, 6.45) is 0. The van der Waals surface area contributed by atoms with E-state index in [4.69, 9.17) is 4.74 Å². The highest BCUT2D eigenvalue weighted by Crippen LogP contribution is 2.23. The van der Waals surface area contributed by atoms with Crippen molar-refractivity contribution in [3.8, 4) is 0 Å². The van der Waals surface area contributed by atoms with Crippen LogP contribution in [0, 0.1) is 19.7 Å². The van der Waals surface area contributed by atoms with E-state index < -0.39 is 28.5 Å². The molecule has 0 aliphatic rings. The van der Waals surface area contributed by atoms with E-state index in [1.165, 1.54) is 37.4 Å². The minimum absolute atomic E-state index is 0.00760. The summed E-state index contributed by atoms with van der Waals surface area (Å²) < 4.78 is 45.7. The van der Waals surface area contributed by atoms with Gasteiger partial charge >= 0.3 is 5.97 Å². The van der Waals surface area contributed by atoms with Gasteiger partial charge in [-0.3, -0.25) is 9.10 Å². The van der Waals surface area contributed by atoms with E-state index in [1.807, 2.05) is 6.92 Å². The summed E-state index contributed by atoms with van der Waals surface area (Å²) in [6, 6.07) is 17.0. The number of nitrogens with zero attached hydrogens (tertiary/aromatic N) is 1. The van der Waals surface area contributed by atoms with Crippen molar-refractivity contribution in [2.45, 2.75) is 25.3 Å². The van der Waals surface area contributed by atoms with Crippen LogP contribution in [0.5, 0.6) is 0 Å². The van der Waals surface area contributed by atoms with Crippen molar-refractivity contribution >= 4 is 27.6 Å². The summed E-state index contributed by atoms with van der Waals surface area (Å²) in [4.78, 5) is 24.3. The van der Waals surface area contributed by atoms with Crippen molar-refractivity contribution in [1.29, 1.82) is 0 Å². The van der Waals surface area contributed by atoms with Crippen molar-refractivity contribution in [2.24, 2.45) is 0 Å². The Hall–Kier alpha value is -3.72. The number of benzene rings is 3. The predicted molar refractivity (Wildman–Crippen MR) is 126 cm³/mol. The average Bonchev–Trinajstić information content (AvgIpc) is 2.83. The van der Waals surface area contributed by atoms with Gasteiger partial charge in [-0.05, 0) is 61.4 Å². The van der Waals surface area contributed by atoms with Gasteiger partial charge in [-0.1, -0.05) is 35.9 Å². The molecule has 0 unspecified atom stereocenters. The van der Waals surface area contributed by atoms with E-state index in [0.29, 0.717) is 16.8 Å². The number of anilines is 1. The topological polar surface area (TPSA) is 92.8 Å². The lowest BCUT2D eigenvalue weighted by molar-refractivity contribution is -0.124. The van der Waals surface area contributed by atoms with E-state index in [1.54, 1.807) is 43.3 Å². The van der Waals surface area contributed by atoms with Crippen LogP contribution in [0.25, 0.3) is 0 Å². The zero-order chi connectivity index (χ0) is 24.9. The molecule has 1 N–H and O–H groups in total. The summed E-state index contributed by atoms with van der Waals surface area (Å²) in [5.74, 6) is -1.79. The third-order valence-corrected chi connectivity index (χ3v) is 6.97.